The molecule has 1 unspecified atom stereocenters. The minimum absolute atomic E-state index is 0.0637. The van der Waals surface area contributed by atoms with E-state index in [4.69, 9.17) is 4.98 Å². The van der Waals surface area contributed by atoms with E-state index < -0.39 is 0 Å². The van der Waals surface area contributed by atoms with Crippen LogP contribution in [0.25, 0.3) is 11.0 Å². The van der Waals surface area contributed by atoms with Crippen LogP contribution in [0, 0.1) is 5.92 Å². The number of halogens is 1. The number of likely N-dealkylation sites (N-methyl/N-ethyl adjacent to an activating group) is 1. The van der Waals surface area contributed by atoms with E-state index in [9.17, 15) is 4.79 Å². The zero-order valence-corrected chi connectivity index (χ0v) is 18.5. The lowest BCUT2D eigenvalue weighted by Gasteiger charge is -2.31. The Hall–Kier alpha value is -1.31. The van der Waals surface area contributed by atoms with Gasteiger partial charge in [-0.25, -0.2) is 9.97 Å². The summed E-state index contributed by atoms with van der Waals surface area (Å²) in [7, 11) is 2.19. The van der Waals surface area contributed by atoms with Crippen LogP contribution < -0.4 is 5.56 Å². The molecule has 1 atom stereocenters. The van der Waals surface area contributed by atoms with Crippen molar-refractivity contribution in [1.82, 2.24) is 24.3 Å². The van der Waals surface area contributed by atoms with E-state index in [1.54, 1.807) is 6.20 Å². The molecule has 0 N–H and O–H groups in total. The molecule has 0 spiro atoms. The molecular weight excluding hydrogens is 418 g/mol. The van der Waals surface area contributed by atoms with Crippen molar-refractivity contribution in [1.29, 1.82) is 0 Å². The molecule has 0 bridgehead atoms. The van der Waals surface area contributed by atoms with Gasteiger partial charge in [-0.2, -0.15) is 0 Å². The minimum Gasteiger partial charge on any atom is -0.305 e. The van der Waals surface area contributed by atoms with Gasteiger partial charge in [0, 0.05) is 36.8 Å². The van der Waals surface area contributed by atoms with Gasteiger partial charge in [0.05, 0.1) is 11.4 Å². The summed E-state index contributed by atoms with van der Waals surface area (Å²) >= 11 is 3.45. The van der Waals surface area contributed by atoms with Gasteiger partial charge in [-0.05, 0) is 67.2 Å². The Kier molecular flexibility index (Phi) is 6.13. The molecule has 2 aliphatic rings. The van der Waals surface area contributed by atoms with Gasteiger partial charge in [0.1, 0.15) is 5.82 Å². The largest absolute Gasteiger partial charge is 0.305 e. The molecule has 2 aromatic rings. The second-order valence-corrected chi connectivity index (χ2v) is 9.27. The van der Waals surface area contributed by atoms with Crippen LogP contribution in [0.5, 0.6) is 0 Å². The number of hydrogen-bond donors (Lipinski definition) is 0. The highest BCUT2D eigenvalue weighted by Crippen LogP contribution is 2.33. The summed E-state index contributed by atoms with van der Waals surface area (Å²) in [5.41, 5.74) is 0.636. The summed E-state index contributed by atoms with van der Waals surface area (Å²) in [6.07, 6.45) is 7.41. The summed E-state index contributed by atoms with van der Waals surface area (Å²) in [6, 6.07) is 2.04. The molecule has 152 valence electrons. The first-order valence-electron chi connectivity index (χ1n) is 10.6. The van der Waals surface area contributed by atoms with E-state index in [-0.39, 0.29) is 11.6 Å². The average Bonchev–Trinajstić information content (AvgIpc) is 3.51. The van der Waals surface area contributed by atoms with Gasteiger partial charge in [-0.3, -0.25) is 14.3 Å². The normalized spacial score (nSPS) is 20.4. The highest BCUT2D eigenvalue weighted by molar-refractivity contribution is 9.10. The van der Waals surface area contributed by atoms with E-state index in [1.165, 1.54) is 12.8 Å². The van der Waals surface area contributed by atoms with Crippen molar-refractivity contribution >= 4 is 27.0 Å². The lowest BCUT2D eigenvalue weighted by molar-refractivity contribution is 0.179. The van der Waals surface area contributed by atoms with Crippen LogP contribution in [0.3, 0.4) is 0 Å². The van der Waals surface area contributed by atoms with Crippen LogP contribution in [0.2, 0.25) is 0 Å². The van der Waals surface area contributed by atoms with E-state index in [0.717, 1.165) is 62.3 Å². The summed E-state index contributed by atoms with van der Waals surface area (Å²) < 4.78 is 2.80. The molecule has 2 fully saturated rings. The first kappa shape index (κ1) is 20.0. The number of fused-ring (bicyclic) bond motifs is 1. The van der Waals surface area contributed by atoms with Gasteiger partial charge in [0.15, 0.2) is 5.65 Å². The van der Waals surface area contributed by atoms with Gasteiger partial charge in [0.25, 0.3) is 5.56 Å². The summed E-state index contributed by atoms with van der Waals surface area (Å²) in [6.45, 7) is 7.28. The molecule has 4 rings (SSSR count). The lowest BCUT2D eigenvalue weighted by atomic mass is 10.1. The lowest BCUT2D eigenvalue weighted by Crippen LogP contribution is -2.37. The van der Waals surface area contributed by atoms with E-state index in [1.807, 2.05) is 10.6 Å². The molecule has 1 aliphatic heterocycles. The Bertz CT molecular complexity index is 894. The third-order valence-corrected chi connectivity index (χ3v) is 6.43. The van der Waals surface area contributed by atoms with Crippen molar-refractivity contribution in [2.75, 3.05) is 33.2 Å². The van der Waals surface area contributed by atoms with Crippen LogP contribution in [0.15, 0.2) is 21.5 Å². The Morgan fingerprint density at radius 3 is 2.82 bits per heavy atom. The second-order valence-electron chi connectivity index (χ2n) is 8.35. The summed E-state index contributed by atoms with van der Waals surface area (Å²) in [5.74, 6) is 1.54. The number of hydrogen-bond acceptors (Lipinski definition) is 5. The third kappa shape index (κ3) is 4.31. The predicted octanol–water partition coefficient (Wildman–Crippen LogP) is 3.44. The topological polar surface area (TPSA) is 54.3 Å². The third-order valence-electron chi connectivity index (χ3n) is 6.00. The fraction of sp³-hybridized carbons (Fsp3) is 0.667. The molecule has 1 saturated carbocycles. The maximum absolute atomic E-state index is 13.4. The highest BCUT2D eigenvalue weighted by atomic mass is 79.9. The maximum atomic E-state index is 13.4. The van der Waals surface area contributed by atoms with Crippen LogP contribution in [0.4, 0.5) is 0 Å². The molecule has 1 saturated heterocycles. The van der Waals surface area contributed by atoms with Gasteiger partial charge >= 0.3 is 0 Å². The van der Waals surface area contributed by atoms with E-state index in [2.05, 4.69) is 44.7 Å². The Balaban J connectivity index is 1.80. The number of nitrogens with zero attached hydrogens (tertiary/aromatic N) is 5. The van der Waals surface area contributed by atoms with E-state index in [0.29, 0.717) is 17.0 Å². The SMILES string of the molecule is CCCC(c1nc2ncc(Br)cc2c(=O)n1CC1CC1)N1CCCN(C)CC1. The molecule has 28 heavy (non-hydrogen) atoms. The molecule has 0 aromatic carbocycles. The smallest absolute Gasteiger partial charge is 0.263 e. The molecule has 0 radical (unpaired) electrons. The maximum Gasteiger partial charge on any atom is 0.263 e. The molecule has 3 heterocycles. The number of pyridine rings is 1. The quantitative estimate of drug-likeness (QED) is 0.678. The van der Waals surface area contributed by atoms with Crippen LogP contribution in [-0.4, -0.2) is 57.6 Å². The molecular formula is C21H30BrN5O. The monoisotopic (exact) mass is 447 g/mol. The first-order valence-corrected chi connectivity index (χ1v) is 11.3. The molecule has 7 heteroatoms. The van der Waals surface area contributed by atoms with Gasteiger partial charge < -0.3 is 4.90 Å². The van der Waals surface area contributed by atoms with Crippen LogP contribution >= 0.6 is 15.9 Å². The van der Waals surface area contributed by atoms with Crippen LogP contribution in [0.1, 0.15) is 50.9 Å². The van der Waals surface area contributed by atoms with Crippen molar-refractivity contribution < 1.29 is 0 Å². The van der Waals surface area contributed by atoms with Crippen LogP contribution in [-0.2, 0) is 6.54 Å². The van der Waals surface area contributed by atoms with Gasteiger partial charge in [0.2, 0.25) is 0 Å². The average molecular weight is 448 g/mol. The fourth-order valence-electron chi connectivity index (χ4n) is 4.21. The van der Waals surface area contributed by atoms with Gasteiger partial charge in [-0.1, -0.05) is 13.3 Å². The predicted molar refractivity (Wildman–Crippen MR) is 116 cm³/mol. The molecule has 1 aliphatic carbocycles. The fourth-order valence-corrected chi connectivity index (χ4v) is 4.54. The molecule has 2 aromatic heterocycles. The van der Waals surface area contributed by atoms with E-state index >= 15 is 0 Å². The first-order chi connectivity index (χ1) is 13.6. The summed E-state index contributed by atoms with van der Waals surface area (Å²) in [5, 5.41) is 0.615. The second kappa shape index (κ2) is 8.59. The van der Waals surface area contributed by atoms with Crippen molar-refractivity contribution in [3.8, 4) is 0 Å². The van der Waals surface area contributed by atoms with Gasteiger partial charge in [-0.15, -0.1) is 0 Å². The number of aromatic nitrogens is 3. The Labute approximate surface area is 175 Å². The molecule has 6 nitrogen and oxygen atoms in total. The summed E-state index contributed by atoms with van der Waals surface area (Å²) in [4.78, 5) is 27.8. The molecule has 0 amide bonds. The minimum atomic E-state index is 0.0637. The van der Waals surface area contributed by atoms with Crippen molar-refractivity contribution in [2.24, 2.45) is 5.92 Å². The zero-order chi connectivity index (χ0) is 19.7. The standard InChI is InChI=1S/C21H30BrN5O/c1-3-5-18(26-9-4-8-25(2)10-11-26)20-24-19-17(12-16(22)13-23-19)21(28)27(20)14-15-6-7-15/h12-13,15,18H,3-11,14H2,1-2H3. The Morgan fingerprint density at radius 2 is 2.07 bits per heavy atom. The van der Waals surface area contributed by atoms with Crippen molar-refractivity contribution in [3.63, 3.8) is 0 Å². The Morgan fingerprint density at radius 1 is 1.25 bits per heavy atom. The number of rotatable bonds is 6. The zero-order valence-electron chi connectivity index (χ0n) is 16.9. The van der Waals surface area contributed by atoms with Crippen molar-refractivity contribution in [3.05, 3.63) is 32.9 Å². The van der Waals surface area contributed by atoms with Crippen molar-refractivity contribution in [2.45, 2.75) is 51.6 Å². The highest BCUT2D eigenvalue weighted by Gasteiger charge is 2.30.